The topological polar surface area (TPSA) is 109 Å². The van der Waals surface area contributed by atoms with Crippen molar-refractivity contribution in [1.29, 1.82) is 0 Å². The van der Waals surface area contributed by atoms with Crippen molar-refractivity contribution in [2.45, 2.75) is 26.5 Å². The Morgan fingerprint density at radius 1 is 0.925 bits per heavy atom. The third-order valence-corrected chi connectivity index (χ3v) is 6.71. The number of carbonyl (C=O) groups is 1. The zero-order chi connectivity index (χ0) is 28.2. The fraction of sp³-hybridized carbons (Fsp3) is 0.233. The first-order valence-corrected chi connectivity index (χ1v) is 12.7. The van der Waals surface area contributed by atoms with Gasteiger partial charge in [-0.1, -0.05) is 35.9 Å². The number of amides is 1. The number of rotatable bonds is 9. The summed E-state index contributed by atoms with van der Waals surface area (Å²) in [6.07, 6.45) is 1.45. The van der Waals surface area contributed by atoms with Crippen molar-refractivity contribution in [2.75, 3.05) is 32.0 Å². The van der Waals surface area contributed by atoms with Crippen molar-refractivity contribution in [3.05, 3.63) is 95.0 Å². The second-order valence-electron chi connectivity index (χ2n) is 9.30. The standard InChI is InChI=1S/C30H31N5O5/c1-18-6-8-20(9-7-18)16-40-24-13-10-21(14-26(24)39-5)28-27(19(2)33-30-31-17-32-35(28)30)29(36)34-23-12-11-22(37-3)15-25(23)38-4/h6-15,17,28H,16H2,1-5H3,(H,34,36)(H,31,32,33). The van der Waals surface area contributed by atoms with E-state index in [-0.39, 0.29) is 5.91 Å². The number of hydrogen-bond acceptors (Lipinski definition) is 8. The summed E-state index contributed by atoms with van der Waals surface area (Å²) in [7, 11) is 4.70. The lowest BCUT2D eigenvalue weighted by atomic mass is 9.94. The lowest BCUT2D eigenvalue weighted by Crippen LogP contribution is -2.31. The van der Waals surface area contributed by atoms with E-state index in [1.807, 2.05) is 44.2 Å². The number of nitrogens with one attached hydrogen (secondary N) is 2. The first kappa shape index (κ1) is 26.6. The number of benzene rings is 3. The highest BCUT2D eigenvalue weighted by atomic mass is 16.5. The lowest BCUT2D eigenvalue weighted by molar-refractivity contribution is -0.113. The van der Waals surface area contributed by atoms with Crippen LogP contribution in [0.15, 0.2) is 78.3 Å². The highest BCUT2D eigenvalue weighted by Gasteiger charge is 2.34. The van der Waals surface area contributed by atoms with Crippen LogP contribution in [0.25, 0.3) is 0 Å². The summed E-state index contributed by atoms with van der Waals surface area (Å²) in [5, 5.41) is 10.6. The van der Waals surface area contributed by atoms with Gasteiger partial charge in [-0.25, -0.2) is 4.68 Å². The highest BCUT2D eigenvalue weighted by Crippen LogP contribution is 2.39. The fourth-order valence-electron chi connectivity index (χ4n) is 4.60. The highest BCUT2D eigenvalue weighted by molar-refractivity contribution is 6.06. The molecule has 1 aliphatic heterocycles. The number of methoxy groups -OCH3 is 3. The molecule has 2 N–H and O–H groups in total. The largest absolute Gasteiger partial charge is 0.497 e. The van der Waals surface area contributed by atoms with Gasteiger partial charge < -0.3 is 29.6 Å². The first-order chi connectivity index (χ1) is 19.4. The van der Waals surface area contributed by atoms with Crippen LogP contribution in [0.3, 0.4) is 0 Å². The monoisotopic (exact) mass is 541 g/mol. The van der Waals surface area contributed by atoms with E-state index < -0.39 is 6.04 Å². The van der Waals surface area contributed by atoms with E-state index in [0.29, 0.717) is 52.5 Å². The Bertz CT molecular complexity index is 1560. The summed E-state index contributed by atoms with van der Waals surface area (Å²) < 4.78 is 24.2. The van der Waals surface area contributed by atoms with Gasteiger partial charge in [0.1, 0.15) is 30.5 Å². The molecule has 0 fully saturated rings. The van der Waals surface area contributed by atoms with Gasteiger partial charge in [-0.15, -0.1) is 0 Å². The summed E-state index contributed by atoms with van der Waals surface area (Å²) in [5.41, 5.74) is 4.64. The van der Waals surface area contributed by atoms with Crippen molar-refractivity contribution < 1.29 is 23.7 Å². The molecule has 0 saturated heterocycles. The van der Waals surface area contributed by atoms with Crippen molar-refractivity contribution >= 4 is 17.5 Å². The molecular weight excluding hydrogens is 510 g/mol. The molecule has 4 aromatic rings. The van der Waals surface area contributed by atoms with E-state index in [1.165, 1.54) is 19.0 Å². The molecule has 3 aromatic carbocycles. The molecule has 1 unspecified atom stereocenters. The maximum Gasteiger partial charge on any atom is 0.255 e. The van der Waals surface area contributed by atoms with Crippen molar-refractivity contribution in [3.63, 3.8) is 0 Å². The van der Waals surface area contributed by atoms with Gasteiger partial charge in [-0.3, -0.25) is 4.79 Å². The quantitative estimate of drug-likeness (QED) is 0.301. The van der Waals surface area contributed by atoms with Gasteiger partial charge in [0.15, 0.2) is 11.5 Å². The minimum Gasteiger partial charge on any atom is -0.497 e. The van der Waals surface area contributed by atoms with Crippen LogP contribution in [0.2, 0.25) is 0 Å². The molecule has 2 heterocycles. The zero-order valence-corrected chi connectivity index (χ0v) is 23.0. The Morgan fingerprint density at radius 2 is 1.70 bits per heavy atom. The van der Waals surface area contributed by atoms with Crippen LogP contribution in [0.5, 0.6) is 23.0 Å². The van der Waals surface area contributed by atoms with Crippen LogP contribution in [0, 0.1) is 6.92 Å². The van der Waals surface area contributed by atoms with E-state index in [4.69, 9.17) is 18.9 Å². The summed E-state index contributed by atoms with van der Waals surface area (Å²) in [5.74, 6) is 2.43. The predicted molar refractivity (Wildman–Crippen MR) is 151 cm³/mol. The van der Waals surface area contributed by atoms with Gasteiger partial charge >= 0.3 is 0 Å². The maximum absolute atomic E-state index is 13.8. The Kier molecular flexibility index (Phi) is 7.59. The molecule has 1 amide bonds. The van der Waals surface area contributed by atoms with Gasteiger partial charge in [0.05, 0.1) is 32.6 Å². The van der Waals surface area contributed by atoms with Gasteiger partial charge in [0, 0.05) is 11.8 Å². The Labute approximate surface area is 232 Å². The summed E-state index contributed by atoms with van der Waals surface area (Å²) in [6, 6.07) is 18.4. The van der Waals surface area contributed by atoms with Crippen LogP contribution >= 0.6 is 0 Å². The van der Waals surface area contributed by atoms with Crippen LogP contribution in [-0.4, -0.2) is 42.0 Å². The Morgan fingerprint density at radius 3 is 2.42 bits per heavy atom. The van der Waals surface area contributed by atoms with E-state index in [2.05, 4.69) is 32.8 Å². The number of hydrogen-bond donors (Lipinski definition) is 2. The molecule has 40 heavy (non-hydrogen) atoms. The fourth-order valence-corrected chi connectivity index (χ4v) is 4.60. The number of aromatic nitrogens is 3. The molecule has 10 nitrogen and oxygen atoms in total. The smallest absolute Gasteiger partial charge is 0.255 e. The predicted octanol–water partition coefficient (Wildman–Crippen LogP) is 5.12. The molecule has 0 radical (unpaired) electrons. The summed E-state index contributed by atoms with van der Waals surface area (Å²) in [4.78, 5) is 18.1. The number of anilines is 2. The molecular formula is C30H31N5O5. The van der Waals surface area contributed by atoms with Crippen LogP contribution in [0.1, 0.15) is 29.7 Å². The number of fused-ring (bicyclic) bond motifs is 1. The Balaban J connectivity index is 1.47. The normalized spacial score (nSPS) is 14.2. The van der Waals surface area contributed by atoms with Gasteiger partial charge in [0.2, 0.25) is 5.95 Å². The number of nitrogens with zero attached hydrogens (tertiary/aromatic N) is 3. The molecule has 5 rings (SSSR count). The average molecular weight is 542 g/mol. The third kappa shape index (κ3) is 5.28. The van der Waals surface area contributed by atoms with Crippen LogP contribution < -0.4 is 29.6 Å². The molecule has 0 aliphatic carbocycles. The molecule has 0 bridgehead atoms. The maximum atomic E-state index is 13.8. The Hall–Kier alpha value is -4.99. The molecule has 206 valence electrons. The van der Waals surface area contributed by atoms with Crippen molar-refractivity contribution in [1.82, 2.24) is 14.8 Å². The van der Waals surface area contributed by atoms with E-state index in [0.717, 1.165) is 11.1 Å². The minimum absolute atomic E-state index is 0.321. The number of aryl methyl sites for hydroxylation is 1. The van der Waals surface area contributed by atoms with Gasteiger partial charge in [0.25, 0.3) is 5.91 Å². The van der Waals surface area contributed by atoms with Crippen molar-refractivity contribution in [2.24, 2.45) is 0 Å². The van der Waals surface area contributed by atoms with E-state index in [1.54, 1.807) is 37.1 Å². The van der Waals surface area contributed by atoms with E-state index in [9.17, 15) is 4.79 Å². The van der Waals surface area contributed by atoms with Crippen LogP contribution in [-0.2, 0) is 11.4 Å². The molecule has 10 heteroatoms. The summed E-state index contributed by atoms with van der Waals surface area (Å²) >= 11 is 0. The summed E-state index contributed by atoms with van der Waals surface area (Å²) in [6.45, 7) is 4.28. The molecule has 0 saturated carbocycles. The number of ether oxygens (including phenoxy) is 4. The van der Waals surface area contributed by atoms with E-state index >= 15 is 0 Å². The van der Waals surface area contributed by atoms with Gasteiger partial charge in [-0.05, 0) is 49.2 Å². The average Bonchev–Trinajstić information content (AvgIpc) is 3.44. The second-order valence-corrected chi connectivity index (χ2v) is 9.30. The van der Waals surface area contributed by atoms with Crippen LogP contribution in [0.4, 0.5) is 11.6 Å². The van der Waals surface area contributed by atoms with Gasteiger partial charge in [-0.2, -0.15) is 10.1 Å². The second kappa shape index (κ2) is 11.4. The zero-order valence-electron chi connectivity index (χ0n) is 23.0. The minimum atomic E-state index is -0.581. The number of carbonyl (C=O) groups excluding carboxylic acids is 1. The first-order valence-electron chi connectivity index (χ1n) is 12.7. The number of allylic oxidation sites excluding steroid dienone is 1. The van der Waals surface area contributed by atoms with Crippen molar-refractivity contribution in [3.8, 4) is 23.0 Å². The lowest BCUT2D eigenvalue weighted by Gasteiger charge is -2.29. The molecule has 0 spiro atoms. The SMILES string of the molecule is COc1ccc(NC(=O)C2=C(C)Nc3ncnn3C2c2ccc(OCc3ccc(C)cc3)c(OC)c2)c(OC)c1. The third-order valence-electron chi connectivity index (χ3n) is 6.71. The molecule has 1 aromatic heterocycles. The molecule has 1 atom stereocenters. The molecule has 1 aliphatic rings.